The molecule has 180 valence electrons. The zero-order valence-corrected chi connectivity index (χ0v) is 19.2. The van der Waals surface area contributed by atoms with Crippen molar-refractivity contribution in [2.45, 2.75) is 31.2 Å². The van der Waals surface area contributed by atoms with Gasteiger partial charge in [0.2, 0.25) is 0 Å². The Hall–Kier alpha value is -4.14. The number of ether oxygens (including phenoxy) is 1. The molecule has 2 aromatic carbocycles. The Labute approximate surface area is 202 Å². The number of aliphatic carboxylic acids is 1. The van der Waals surface area contributed by atoms with Crippen molar-refractivity contribution in [1.29, 1.82) is 0 Å². The fraction of sp³-hybridized carbons (Fsp3) is 0.308. The number of carbonyl (C=O) groups is 3. The van der Waals surface area contributed by atoms with Crippen LogP contribution in [0.4, 0.5) is 10.5 Å². The van der Waals surface area contributed by atoms with E-state index in [1.165, 1.54) is 4.68 Å². The summed E-state index contributed by atoms with van der Waals surface area (Å²) < 4.78 is 7.02. The maximum atomic E-state index is 12.7. The lowest BCUT2D eigenvalue weighted by Crippen LogP contribution is -2.45. The highest BCUT2D eigenvalue weighted by molar-refractivity contribution is 6.01. The Balaban J connectivity index is 1.21. The van der Waals surface area contributed by atoms with Gasteiger partial charge in [0.05, 0.1) is 5.69 Å². The second-order valence-corrected chi connectivity index (χ2v) is 9.12. The normalized spacial score (nSPS) is 18.2. The van der Waals surface area contributed by atoms with E-state index < -0.39 is 18.0 Å². The molecule has 5 rings (SSSR count). The van der Waals surface area contributed by atoms with Crippen molar-refractivity contribution in [1.82, 2.24) is 15.1 Å². The van der Waals surface area contributed by atoms with E-state index in [1.54, 1.807) is 13.2 Å². The third-order valence-electron chi connectivity index (χ3n) is 6.66. The van der Waals surface area contributed by atoms with Crippen LogP contribution >= 0.6 is 0 Å². The molecule has 0 radical (unpaired) electrons. The minimum Gasteiger partial charge on any atom is -0.481 e. The van der Waals surface area contributed by atoms with Crippen LogP contribution in [0.25, 0.3) is 11.1 Å². The van der Waals surface area contributed by atoms with Gasteiger partial charge in [-0.3, -0.25) is 19.6 Å². The van der Waals surface area contributed by atoms with Gasteiger partial charge in [-0.1, -0.05) is 48.5 Å². The van der Waals surface area contributed by atoms with E-state index in [1.807, 2.05) is 36.4 Å². The van der Waals surface area contributed by atoms with Crippen molar-refractivity contribution in [3.8, 4) is 11.1 Å². The fourth-order valence-electron chi connectivity index (χ4n) is 5.01. The standard InChI is InChI=1S/C26H26N4O5/c1-30-13-22(24(29-30)25(33)27-16-10-15(11-16)12-23(31)32)28-26(34)35-14-21-19-8-4-2-6-17(19)18-7-3-5-9-20(18)21/h2-9,13,15-16,21H,10-12,14H2,1H3,(H,27,33)(H,28,34)(H,31,32). The van der Waals surface area contributed by atoms with Crippen molar-refractivity contribution in [2.75, 3.05) is 11.9 Å². The molecule has 1 fully saturated rings. The summed E-state index contributed by atoms with van der Waals surface area (Å²) in [4.78, 5) is 36.2. The maximum absolute atomic E-state index is 12.7. The number of amides is 2. The van der Waals surface area contributed by atoms with E-state index in [-0.39, 0.29) is 42.3 Å². The average Bonchev–Trinajstić information content (AvgIpc) is 3.33. The molecule has 3 N–H and O–H groups in total. The summed E-state index contributed by atoms with van der Waals surface area (Å²) >= 11 is 0. The topological polar surface area (TPSA) is 123 Å². The van der Waals surface area contributed by atoms with Gasteiger partial charge in [-0.25, -0.2) is 4.79 Å². The summed E-state index contributed by atoms with van der Waals surface area (Å²) in [6.45, 7) is 0.161. The predicted molar refractivity (Wildman–Crippen MR) is 128 cm³/mol. The molecule has 0 bridgehead atoms. The van der Waals surface area contributed by atoms with Crippen LogP contribution in [0, 0.1) is 5.92 Å². The number of hydrogen-bond donors (Lipinski definition) is 3. The summed E-state index contributed by atoms with van der Waals surface area (Å²) in [6, 6.07) is 16.1. The molecule has 2 aliphatic carbocycles. The first-order chi connectivity index (χ1) is 16.9. The number of carboxylic acid groups (broad SMARTS) is 1. The number of aryl methyl sites for hydroxylation is 1. The lowest BCUT2D eigenvalue weighted by molar-refractivity contribution is -0.138. The molecule has 2 aliphatic rings. The van der Waals surface area contributed by atoms with E-state index in [9.17, 15) is 14.4 Å². The zero-order valence-electron chi connectivity index (χ0n) is 19.2. The van der Waals surface area contributed by atoms with Crippen molar-refractivity contribution >= 4 is 23.7 Å². The molecule has 1 saturated carbocycles. The number of nitrogens with one attached hydrogen (secondary N) is 2. The van der Waals surface area contributed by atoms with Crippen LogP contribution in [0.2, 0.25) is 0 Å². The van der Waals surface area contributed by atoms with Crippen LogP contribution in [0.1, 0.15) is 46.8 Å². The molecule has 0 aliphatic heterocycles. The van der Waals surface area contributed by atoms with E-state index >= 15 is 0 Å². The van der Waals surface area contributed by atoms with E-state index in [4.69, 9.17) is 9.84 Å². The quantitative estimate of drug-likeness (QED) is 0.479. The Morgan fingerprint density at radius 3 is 2.31 bits per heavy atom. The van der Waals surface area contributed by atoms with Crippen molar-refractivity contribution in [3.05, 3.63) is 71.5 Å². The number of fused-ring (bicyclic) bond motifs is 3. The minimum absolute atomic E-state index is 0.0674. The van der Waals surface area contributed by atoms with E-state index in [0.29, 0.717) is 12.8 Å². The summed E-state index contributed by atoms with van der Waals surface area (Å²) in [5, 5.41) is 18.6. The average molecular weight is 475 g/mol. The smallest absolute Gasteiger partial charge is 0.411 e. The molecular formula is C26H26N4O5. The number of anilines is 1. The van der Waals surface area contributed by atoms with Gasteiger partial charge in [-0.05, 0) is 41.0 Å². The number of carbonyl (C=O) groups excluding carboxylic acids is 2. The molecule has 0 unspecified atom stereocenters. The second kappa shape index (κ2) is 9.25. The van der Waals surface area contributed by atoms with Gasteiger partial charge < -0.3 is 15.2 Å². The number of benzene rings is 2. The molecule has 0 atom stereocenters. The van der Waals surface area contributed by atoms with Gasteiger partial charge >= 0.3 is 12.1 Å². The third kappa shape index (κ3) is 4.62. The molecule has 9 nitrogen and oxygen atoms in total. The SMILES string of the molecule is Cn1cc(NC(=O)OCC2c3ccccc3-c3ccccc32)c(C(=O)NC2CC(CC(=O)O)C2)n1. The number of aromatic nitrogens is 2. The van der Waals surface area contributed by atoms with Gasteiger partial charge in [0.15, 0.2) is 5.69 Å². The fourth-order valence-corrected chi connectivity index (χ4v) is 5.01. The highest BCUT2D eigenvalue weighted by Gasteiger charge is 2.33. The van der Waals surface area contributed by atoms with Crippen LogP contribution in [0.5, 0.6) is 0 Å². The Kier molecular flexibility index (Phi) is 5.98. The van der Waals surface area contributed by atoms with Crippen molar-refractivity contribution in [3.63, 3.8) is 0 Å². The molecule has 9 heteroatoms. The van der Waals surface area contributed by atoms with Crippen LogP contribution in [0.3, 0.4) is 0 Å². The van der Waals surface area contributed by atoms with Crippen LogP contribution in [0.15, 0.2) is 54.7 Å². The van der Waals surface area contributed by atoms with Gasteiger partial charge in [-0.2, -0.15) is 5.10 Å². The monoisotopic (exact) mass is 474 g/mol. The maximum Gasteiger partial charge on any atom is 0.411 e. The van der Waals surface area contributed by atoms with E-state index in [0.717, 1.165) is 22.3 Å². The Morgan fingerprint density at radius 2 is 1.69 bits per heavy atom. The van der Waals surface area contributed by atoms with Gasteiger partial charge in [-0.15, -0.1) is 0 Å². The molecule has 0 saturated heterocycles. The second-order valence-electron chi connectivity index (χ2n) is 9.12. The van der Waals surface area contributed by atoms with Crippen molar-refractivity contribution < 1.29 is 24.2 Å². The first-order valence-electron chi connectivity index (χ1n) is 11.6. The number of hydrogen-bond acceptors (Lipinski definition) is 5. The Bertz CT molecular complexity index is 1250. The first-order valence-corrected chi connectivity index (χ1v) is 11.6. The summed E-state index contributed by atoms with van der Waals surface area (Å²) in [6.07, 6.45) is 2.20. The summed E-state index contributed by atoms with van der Waals surface area (Å²) in [5.41, 5.74) is 4.86. The first kappa shape index (κ1) is 22.6. The molecule has 1 aromatic heterocycles. The number of carboxylic acids is 1. The van der Waals surface area contributed by atoms with Crippen LogP contribution in [-0.2, 0) is 16.6 Å². The third-order valence-corrected chi connectivity index (χ3v) is 6.66. The summed E-state index contributed by atoms with van der Waals surface area (Å²) in [7, 11) is 1.66. The number of rotatable bonds is 7. The summed E-state index contributed by atoms with van der Waals surface area (Å²) in [5.74, 6) is -1.25. The molecule has 3 aromatic rings. The molecule has 2 amide bonds. The minimum atomic E-state index is -0.834. The lowest BCUT2D eigenvalue weighted by Gasteiger charge is -2.34. The highest BCUT2D eigenvalue weighted by atomic mass is 16.5. The predicted octanol–water partition coefficient (Wildman–Crippen LogP) is 3.76. The molecule has 0 spiro atoms. The Morgan fingerprint density at radius 1 is 1.06 bits per heavy atom. The highest BCUT2D eigenvalue weighted by Crippen LogP contribution is 2.44. The largest absolute Gasteiger partial charge is 0.481 e. The van der Waals surface area contributed by atoms with Crippen molar-refractivity contribution in [2.24, 2.45) is 13.0 Å². The van der Waals surface area contributed by atoms with E-state index in [2.05, 4.69) is 27.9 Å². The lowest BCUT2D eigenvalue weighted by atomic mass is 9.78. The molecule has 35 heavy (non-hydrogen) atoms. The molecule has 1 heterocycles. The van der Waals surface area contributed by atoms with Gasteiger partial charge in [0.25, 0.3) is 5.91 Å². The van der Waals surface area contributed by atoms with Crippen LogP contribution in [-0.4, -0.2) is 45.5 Å². The van der Waals surface area contributed by atoms with Gasteiger partial charge in [0, 0.05) is 31.6 Å². The zero-order chi connectivity index (χ0) is 24.5. The molecular weight excluding hydrogens is 448 g/mol. The number of nitrogens with zero attached hydrogens (tertiary/aromatic N) is 2. The van der Waals surface area contributed by atoms with Gasteiger partial charge in [0.1, 0.15) is 6.61 Å². The van der Waals surface area contributed by atoms with Crippen LogP contribution < -0.4 is 10.6 Å².